The van der Waals surface area contributed by atoms with Crippen LogP contribution in [0.1, 0.15) is 38.4 Å². The zero-order valence-electron chi connectivity index (χ0n) is 13.1. The van der Waals surface area contributed by atoms with Crippen LogP contribution in [0.4, 0.5) is 0 Å². The molecule has 0 saturated heterocycles. The lowest BCUT2D eigenvalue weighted by molar-refractivity contribution is 0.0519. The molecule has 3 aromatic rings. The first-order chi connectivity index (χ1) is 11.7. The average molecular weight is 356 g/mol. The molecule has 122 valence electrons. The van der Waals surface area contributed by atoms with Gasteiger partial charge in [0.1, 0.15) is 0 Å². The van der Waals surface area contributed by atoms with E-state index in [4.69, 9.17) is 4.74 Å². The number of aromatic nitrogens is 2. The van der Waals surface area contributed by atoms with E-state index in [1.807, 2.05) is 6.08 Å². The van der Waals surface area contributed by atoms with Gasteiger partial charge < -0.3 is 4.74 Å². The van der Waals surface area contributed by atoms with E-state index in [1.165, 1.54) is 9.75 Å². The largest absolute Gasteiger partial charge is 0.461 e. The second-order valence-electron chi connectivity index (χ2n) is 5.62. The molecule has 0 unspecified atom stereocenters. The fraction of sp³-hybridized carbons (Fsp3) is 0.222. The van der Waals surface area contributed by atoms with E-state index in [0.717, 1.165) is 17.7 Å². The number of rotatable bonds is 4. The van der Waals surface area contributed by atoms with Crippen LogP contribution in [0, 0.1) is 0 Å². The van der Waals surface area contributed by atoms with E-state index in [9.17, 15) is 4.79 Å². The fourth-order valence-corrected chi connectivity index (χ4v) is 5.05. The van der Waals surface area contributed by atoms with Crippen LogP contribution in [-0.2, 0) is 16.6 Å². The molecule has 1 aliphatic rings. The zero-order chi connectivity index (χ0) is 16.6. The zero-order valence-corrected chi connectivity index (χ0v) is 14.7. The third-order valence-corrected chi connectivity index (χ3v) is 6.36. The van der Waals surface area contributed by atoms with E-state index < -0.39 is 0 Å². The van der Waals surface area contributed by atoms with Gasteiger partial charge in [0.05, 0.1) is 12.0 Å². The van der Waals surface area contributed by atoms with Gasteiger partial charge in [0.2, 0.25) is 0 Å². The van der Waals surface area contributed by atoms with Crippen LogP contribution in [0.3, 0.4) is 0 Å². The van der Waals surface area contributed by atoms with Gasteiger partial charge in [-0.2, -0.15) is 5.10 Å². The second kappa shape index (κ2) is 6.03. The maximum Gasteiger partial charge on any atom is 0.359 e. The van der Waals surface area contributed by atoms with Crippen molar-refractivity contribution in [1.29, 1.82) is 0 Å². The van der Waals surface area contributed by atoms with Crippen molar-refractivity contribution >= 4 is 34.7 Å². The molecule has 0 aromatic carbocycles. The van der Waals surface area contributed by atoms with E-state index in [1.54, 1.807) is 29.6 Å². The van der Waals surface area contributed by atoms with Gasteiger partial charge >= 0.3 is 5.97 Å². The minimum atomic E-state index is -0.376. The molecule has 1 N–H and O–H groups in total. The summed E-state index contributed by atoms with van der Waals surface area (Å²) in [7, 11) is 0. The third kappa shape index (κ3) is 2.34. The Bertz CT molecular complexity index is 842. The Kier molecular flexibility index (Phi) is 3.86. The molecule has 0 saturated carbocycles. The Morgan fingerprint density at radius 1 is 1.29 bits per heavy atom. The standard InChI is InChI=1S/C18H16N2O2S2/c1-2-22-17(21)16-12-7-8-18(11-13(12)19-20-16,14-5-3-9-23-14)15-6-4-10-24-15/h3-10H,2,11H2,1H3,(H,19,20). The monoisotopic (exact) mass is 356 g/mol. The molecular formula is C18H16N2O2S2. The SMILES string of the molecule is CCOC(=O)c1n[nH]c2c1C=CC(c1cccs1)(c1cccs1)C2. The minimum Gasteiger partial charge on any atom is -0.461 e. The number of hydrogen-bond donors (Lipinski definition) is 1. The van der Waals surface area contributed by atoms with Crippen LogP contribution < -0.4 is 0 Å². The highest BCUT2D eigenvalue weighted by molar-refractivity contribution is 7.11. The minimum absolute atomic E-state index is 0.201. The Morgan fingerprint density at radius 2 is 2.00 bits per heavy atom. The van der Waals surface area contributed by atoms with E-state index >= 15 is 0 Å². The van der Waals surface area contributed by atoms with Crippen molar-refractivity contribution in [3.63, 3.8) is 0 Å². The van der Waals surface area contributed by atoms with Crippen LogP contribution in [0.2, 0.25) is 0 Å². The van der Waals surface area contributed by atoms with Crippen molar-refractivity contribution in [2.45, 2.75) is 18.8 Å². The number of carbonyl (C=O) groups is 1. The van der Waals surface area contributed by atoms with Gasteiger partial charge in [-0.1, -0.05) is 24.3 Å². The molecule has 4 nitrogen and oxygen atoms in total. The van der Waals surface area contributed by atoms with Crippen LogP contribution in [-0.4, -0.2) is 22.8 Å². The number of allylic oxidation sites excluding steroid dienone is 1. The molecule has 3 heterocycles. The second-order valence-corrected chi connectivity index (χ2v) is 7.52. The summed E-state index contributed by atoms with van der Waals surface area (Å²) in [5.41, 5.74) is 1.99. The highest BCUT2D eigenvalue weighted by Crippen LogP contribution is 2.45. The molecule has 0 bridgehead atoms. The molecular weight excluding hydrogens is 340 g/mol. The number of ether oxygens (including phenoxy) is 1. The molecule has 0 amide bonds. The highest BCUT2D eigenvalue weighted by Gasteiger charge is 2.38. The van der Waals surface area contributed by atoms with Crippen LogP contribution in [0.5, 0.6) is 0 Å². The van der Waals surface area contributed by atoms with Gasteiger partial charge in [0, 0.05) is 27.4 Å². The third-order valence-electron chi connectivity index (χ3n) is 4.26. The molecule has 1 aliphatic carbocycles. The van der Waals surface area contributed by atoms with Crippen molar-refractivity contribution in [1.82, 2.24) is 10.2 Å². The van der Waals surface area contributed by atoms with Crippen molar-refractivity contribution in [3.05, 3.63) is 67.8 Å². The van der Waals surface area contributed by atoms with Gasteiger partial charge in [0.15, 0.2) is 5.69 Å². The number of esters is 1. The van der Waals surface area contributed by atoms with Gasteiger partial charge in [-0.15, -0.1) is 22.7 Å². The van der Waals surface area contributed by atoms with Crippen LogP contribution in [0.15, 0.2) is 41.1 Å². The first-order valence-electron chi connectivity index (χ1n) is 7.76. The van der Waals surface area contributed by atoms with Crippen molar-refractivity contribution < 1.29 is 9.53 Å². The Balaban J connectivity index is 1.80. The number of aromatic amines is 1. The molecule has 0 radical (unpaired) electrons. The molecule has 4 rings (SSSR count). The van der Waals surface area contributed by atoms with Gasteiger partial charge in [-0.05, 0) is 29.8 Å². The summed E-state index contributed by atoms with van der Waals surface area (Å²) in [6.45, 7) is 2.14. The number of H-pyrrole nitrogens is 1. The van der Waals surface area contributed by atoms with Crippen molar-refractivity contribution in [3.8, 4) is 0 Å². The number of fused-ring (bicyclic) bond motifs is 1. The predicted molar refractivity (Wildman–Crippen MR) is 96.7 cm³/mol. The van der Waals surface area contributed by atoms with Gasteiger partial charge in [-0.3, -0.25) is 5.10 Å². The number of hydrogen-bond acceptors (Lipinski definition) is 5. The average Bonchev–Trinajstić information content (AvgIpc) is 3.34. The molecule has 0 aliphatic heterocycles. The Labute approximate surface area is 147 Å². The van der Waals surface area contributed by atoms with E-state index in [0.29, 0.717) is 12.3 Å². The maximum atomic E-state index is 12.1. The normalized spacial score (nSPS) is 15.2. The molecule has 6 heteroatoms. The summed E-state index contributed by atoms with van der Waals surface area (Å²) in [5.74, 6) is -0.376. The lowest BCUT2D eigenvalue weighted by Crippen LogP contribution is -2.28. The quantitative estimate of drug-likeness (QED) is 0.711. The lowest BCUT2D eigenvalue weighted by atomic mass is 9.76. The summed E-state index contributed by atoms with van der Waals surface area (Å²) < 4.78 is 5.10. The predicted octanol–water partition coefficient (Wildman–Crippen LogP) is 4.27. The van der Waals surface area contributed by atoms with Crippen molar-refractivity contribution in [2.75, 3.05) is 6.61 Å². The maximum absolute atomic E-state index is 12.1. The molecule has 0 spiro atoms. The number of nitrogens with zero attached hydrogens (tertiary/aromatic N) is 1. The van der Waals surface area contributed by atoms with Crippen molar-refractivity contribution in [2.24, 2.45) is 0 Å². The van der Waals surface area contributed by atoms with Gasteiger partial charge in [0.25, 0.3) is 0 Å². The highest BCUT2D eigenvalue weighted by atomic mass is 32.1. The smallest absolute Gasteiger partial charge is 0.359 e. The number of nitrogens with one attached hydrogen (secondary N) is 1. The molecule has 24 heavy (non-hydrogen) atoms. The van der Waals surface area contributed by atoms with Crippen LogP contribution in [0.25, 0.3) is 6.08 Å². The van der Waals surface area contributed by atoms with E-state index in [2.05, 4.69) is 51.3 Å². The topological polar surface area (TPSA) is 55.0 Å². The molecule has 0 fully saturated rings. The molecule has 0 atom stereocenters. The summed E-state index contributed by atoms with van der Waals surface area (Å²) >= 11 is 3.50. The first kappa shape index (κ1) is 15.4. The Morgan fingerprint density at radius 3 is 2.58 bits per heavy atom. The summed E-state index contributed by atoms with van der Waals surface area (Å²) in [6.07, 6.45) is 4.96. The summed E-state index contributed by atoms with van der Waals surface area (Å²) in [4.78, 5) is 14.6. The van der Waals surface area contributed by atoms with Crippen LogP contribution >= 0.6 is 22.7 Å². The first-order valence-corrected chi connectivity index (χ1v) is 9.52. The fourth-order valence-electron chi connectivity index (χ4n) is 3.14. The summed E-state index contributed by atoms with van der Waals surface area (Å²) in [6, 6.07) is 8.50. The molecule has 3 aromatic heterocycles. The van der Waals surface area contributed by atoms with Gasteiger partial charge in [-0.25, -0.2) is 4.79 Å². The number of carbonyl (C=O) groups excluding carboxylic acids is 1. The summed E-state index contributed by atoms with van der Waals surface area (Å²) in [5, 5.41) is 11.5. The Hall–Kier alpha value is -2.18. The van der Waals surface area contributed by atoms with E-state index in [-0.39, 0.29) is 11.4 Å². The lowest BCUT2D eigenvalue weighted by Gasteiger charge is -2.31. The number of thiophene rings is 2.